The van der Waals surface area contributed by atoms with Gasteiger partial charge in [0.25, 0.3) is 0 Å². The molecule has 172 valence electrons. The van der Waals surface area contributed by atoms with Crippen molar-refractivity contribution < 1.29 is 28.5 Å². The van der Waals surface area contributed by atoms with Crippen LogP contribution in [-0.2, 0) is 14.2 Å². The van der Waals surface area contributed by atoms with Gasteiger partial charge < -0.3 is 10.00 Å². The number of rotatable bonds is 8. The van der Waals surface area contributed by atoms with Crippen LogP contribution in [0.3, 0.4) is 0 Å². The molecule has 0 saturated carbocycles. The summed E-state index contributed by atoms with van der Waals surface area (Å²) in [5, 5.41) is 9.54. The highest BCUT2D eigenvalue weighted by molar-refractivity contribution is 7.62. The average Bonchev–Trinajstić information content (AvgIpc) is 2.72. The molecule has 0 amide bonds. The standard InChI is InChI=1S/C25H25FNO5P/c1-15(2)25-20(10-11-33(31,32)14-18(28)13-23(29)30)24(17-8-9-21(26)16(3)12-17)19-6-4-5-7-22(19)27-25/h4-12,15H,13-14H2,1-3H3,(H,29,30)(H,31,32). The van der Waals surface area contributed by atoms with Gasteiger partial charge in [-0.2, -0.15) is 0 Å². The summed E-state index contributed by atoms with van der Waals surface area (Å²) in [7, 11) is -4.09. The normalized spacial score (nSPS) is 13.5. The van der Waals surface area contributed by atoms with E-state index in [1.807, 2.05) is 38.1 Å². The minimum atomic E-state index is -4.09. The zero-order valence-corrected chi connectivity index (χ0v) is 19.5. The first-order valence-corrected chi connectivity index (χ1v) is 12.3. The number of ketones is 1. The van der Waals surface area contributed by atoms with Crippen LogP contribution in [-0.4, -0.2) is 32.9 Å². The Bertz CT molecular complexity index is 1320. The van der Waals surface area contributed by atoms with Gasteiger partial charge in [-0.05, 0) is 48.2 Å². The predicted molar refractivity (Wildman–Crippen MR) is 127 cm³/mol. The monoisotopic (exact) mass is 469 g/mol. The Morgan fingerprint density at radius 2 is 1.88 bits per heavy atom. The minimum absolute atomic E-state index is 0.0405. The summed E-state index contributed by atoms with van der Waals surface area (Å²) >= 11 is 0. The van der Waals surface area contributed by atoms with Crippen molar-refractivity contribution in [2.75, 3.05) is 6.16 Å². The molecule has 3 aromatic rings. The second kappa shape index (κ2) is 9.77. The molecule has 0 radical (unpaired) electrons. The van der Waals surface area contributed by atoms with E-state index in [-0.39, 0.29) is 11.7 Å². The molecule has 2 N–H and O–H groups in total. The number of carbonyl (C=O) groups is 2. The predicted octanol–water partition coefficient (Wildman–Crippen LogP) is 5.76. The second-order valence-electron chi connectivity index (χ2n) is 8.26. The number of carboxylic acids is 1. The van der Waals surface area contributed by atoms with Crippen LogP contribution in [0.5, 0.6) is 0 Å². The third kappa shape index (κ3) is 5.81. The number of aryl methyl sites for hydroxylation is 1. The van der Waals surface area contributed by atoms with E-state index in [0.29, 0.717) is 16.8 Å². The number of aromatic nitrogens is 1. The lowest BCUT2D eigenvalue weighted by atomic mass is 9.90. The fraction of sp³-hybridized carbons (Fsp3) is 0.240. The number of Topliss-reactive ketones (excluding diaryl/α,β-unsaturated/α-hetero) is 1. The lowest BCUT2D eigenvalue weighted by molar-refractivity contribution is -0.139. The van der Waals surface area contributed by atoms with E-state index in [0.717, 1.165) is 27.8 Å². The van der Waals surface area contributed by atoms with E-state index < -0.39 is 31.7 Å². The summed E-state index contributed by atoms with van der Waals surface area (Å²) < 4.78 is 26.6. The molecule has 0 saturated heterocycles. The van der Waals surface area contributed by atoms with E-state index >= 15 is 0 Å². The van der Waals surface area contributed by atoms with Gasteiger partial charge in [-0.1, -0.05) is 38.1 Å². The third-order valence-electron chi connectivity index (χ3n) is 5.18. The van der Waals surface area contributed by atoms with Crippen molar-refractivity contribution in [3.8, 4) is 11.1 Å². The van der Waals surface area contributed by atoms with Gasteiger partial charge in [0.2, 0.25) is 7.37 Å². The van der Waals surface area contributed by atoms with Gasteiger partial charge in [-0.25, -0.2) is 4.39 Å². The Kier molecular flexibility index (Phi) is 7.25. The lowest BCUT2D eigenvalue weighted by Gasteiger charge is -2.18. The topological polar surface area (TPSA) is 105 Å². The Labute approximate surface area is 191 Å². The number of halogens is 1. The molecule has 0 aliphatic carbocycles. The van der Waals surface area contributed by atoms with Crippen LogP contribution in [0.4, 0.5) is 4.39 Å². The van der Waals surface area contributed by atoms with Gasteiger partial charge in [-0.3, -0.25) is 19.1 Å². The van der Waals surface area contributed by atoms with E-state index in [1.54, 1.807) is 19.1 Å². The number of hydrogen-bond acceptors (Lipinski definition) is 4. The molecular formula is C25H25FNO5P. The first kappa shape index (κ1) is 24.5. The first-order valence-electron chi connectivity index (χ1n) is 10.4. The van der Waals surface area contributed by atoms with Crippen LogP contribution < -0.4 is 0 Å². The van der Waals surface area contributed by atoms with Crippen LogP contribution in [0.25, 0.3) is 28.1 Å². The van der Waals surface area contributed by atoms with E-state index in [1.165, 1.54) is 12.1 Å². The molecule has 1 heterocycles. The number of benzene rings is 2. The zero-order valence-electron chi connectivity index (χ0n) is 18.6. The van der Waals surface area contributed by atoms with Crippen LogP contribution in [0.15, 0.2) is 48.3 Å². The molecule has 1 unspecified atom stereocenters. The highest BCUT2D eigenvalue weighted by Crippen LogP contribution is 2.45. The number of fused-ring (bicyclic) bond motifs is 1. The lowest BCUT2D eigenvalue weighted by Crippen LogP contribution is -2.10. The summed E-state index contributed by atoms with van der Waals surface area (Å²) in [5.74, 6) is -1.49. The number of para-hydroxylation sites is 1. The summed E-state index contributed by atoms with van der Waals surface area (Å²) in [6, 6.07) is 12.2. The van der Waals surface area contributed by atoms with Gasteiger partial charge in [0.05, 0.1) is 17.4 Å². The van der Waals surface area contributed by atoms with Gasteiger partial charge in [0.15, 0.2) is 5.78 Å². The molecule has 0 aliphatic rings. The van der Waals surface area contributed by atoms with Crippen LogP contribution in [0.2, 0.25) is 0 Å². The second-order valence-corrected chi connectivity index (χ2v) is 10.4. The molecule has 33 heavy (non-hydrogen) atoms. The number of aliphatic carboxylic acids is 1. The highest BCUT2D eigenvalue weighted by atomic mass is 31.2. The number of carboxylic acid groups (broad SMARTS) is 1. The molecule has 0 bridgehead atoms. The molecule has 1 aromatic heterocycles. The maximum Gasteiger partial charge on any atom is 0.310 e. The summed E-state index contributed by atoms with van der Waals surface area (Å²) in [4.78, 5) is 37.6. The largest absolute Gasteiger partial charge is 0.481 e. The molecule has 0 fully saturated rings. The van der Waals surface area contributed by atoms with E-state index in [2.05, 4.69) is 0 Å². The third-order valence-corrected chi connectivity index (χ3v) is 6.60. The zero-order chi connectivity index (χ0) is 24.3. The first-order chi connectivity index (χ1) is 15.5. The fourth-order valence-corrected chi connectivity index (χ4v) is 4.79. The Morgan fingerprint density at radius 1 is 1.18 bits per heavy atom. The number of carbonyl (C=O) groups excluding carboxylic acids is 1. The average molecular weight is 469 g/mol. The summed E-state index contributed by atoms with van der Waals surface area (Å²) in [5.41, 5.74) is 3.93. The van der Waals surface area contributed by atoms with Gasteiger partial charge in [0.1, 0.15) is 12.2 Å². The molecule has 1 atom stereocenters. The van der Waals surface area contributed by atoms with Gasteiger partial charge >= 0.3 is 5.97 Å². The van der Waals surface area contributed by atoms with Crippen molar-refractivity contribution in [3.63, 3.8) is 0 Å². The summed E-state index contributed by atoms with van der Waals surface area (Å²) in [6.07, 6.45) is -0.107. The number of hydrogen-bond donors (Lipinski definition) is 2. The van der Waals surface area contributed by atoms with Crippen molar-refractivity contribution in [1.82, 2.24) is 4.98 Å². The minimum Gasteiger partial charge on any atom is -0.481 e. The molecule has 2 aromatic carbocycles. The van der Waals surface area contributed by atoms with Crippen LogP contribution >= 0.6 is 7.37 Å². The van der Waals surface area contributed by atoms with Crippen LogP contribution in [0, 0.1) is 12.7 Å². The SMILES string of the molecule is Cc1cc(-c2c(C=CP(=O)(O)CC(=O)CC(=O)O)c(C(C)C)nc3ccccc23)ccc1F. The van der Waals surface area contributed by atoms with Crippen molar-refractivity contribution in [2.45, 2.75) is 33.1 Å². The molecule has 8 heteroatoms. The molecule has 6 nitrogen and oxygen atoms in total. The van der Waals surface area contributed by atoms with Crippen molar-refractivity contribution in [1.29, 1.82) is 0 Å². The number of pyridine rings is 1. The van der Waals surface area contributed by atoms with Crippen LogP contribution in [0.1, 0.15) is 43.0 Å². The maximum absolute atomic E-state index is 14.0. The quantitative estimate of drug-likeness (QED) is 0.321. The van der Waals surface area contributed by atoms with Gasteiger partial charge in [-0.15, -0.1) is 0 Å². The molecule has 3 rings (SSSR count). The Morgan fingerprint density at radius 3 is 2.52 bits per heavy atom. The molecule has 0 spiro atoms. The van der Waals surface area contributed by atoms with Crippen molar-refractivity contribution >= 4 is 36.1 Å². The number of nitrogens with zero attached hydrogens (tertiary/aromatic N) is 1. The van der Waals surface area contributed by atoms with Gasteiger partial charge in [0, 0.05) is 22.3 Å². The highest BCUT2D eigenvalue weighted by Gasteiger charge is 2.23. The summed E-state index contributed by atoms with van der Waals surface area (Å²) in [6.45, 7) is 5.56. The van der Waals surface area contributed by atoms with E-state index in [4.69, 9.17) is 10.1 Å². The smallest absolute Gasteiger partial charge is 0.310 e. The molecule has 0 aliphatic heterocycles. The maximum atomic E-state index is 14.0. The van der Waals surface area contributed by atoms with Crippen molar-refractivity contribution in [2.24, 2.45) is 0 Å². The Hall–Kier alpha value is -3.15. The Balaban J connectivity index is 2.23. The molecular weight excluding hydrogens is 444 g/mol. The fourth-order valence-electron chi connectivity index (χ4n) is 3.69. The van der Waals surface area contributed by atoms with Crippen molar-refractivity contribution in [3.05, 3.63) is 70.9 Å². The van der Waals surface area contributed by atoms with E-state index in [9.17, 15) is 23.4 Å².